The van der Waals surface area contributed by atoms with Crippen molar-refractivity contribution in [2.24, 2.45) is 5.92 Å². The average molecular weight is 250 g/mol. The zero-order valence-corrected chi connectivity index (χ0v) is 10.6. The van der Waals surface area contributed by atoms with Crippen LogP contribution in [0.5, 0.6) is 0 Å². The number of carbonyl (C=O) groups is 2. The SMILES string of the molecule is CC(C)CNC(=O)CNc1ccc(C(=O)O)cc1. The van der Waals surface area contributed by atoms with Crippen molar-refractivity contribution < 1.29 is 14.7 Å². The Kier molecular flexibility index (Phi) is 5.17. The maximum Gasteiger partial charge on any atom is 0.335 e. The predicted molar refractivity (Wildman–Crippen MR) is 69.7 cm³/mol. The molecule has 0 fully saturated rings. The summed E-state index contributed by atoms with van der Waals surface area (Å²) in [5.41, 5.74) is 0.949. The zero-order valence-electron chi connectivity index (χ0n) is 10.6. The number of carbonyl (C=O) groups excluding carboxylic acids is 1. The van der Waals surface area contributed by atoms with E-state index in [4.69, 9.17) is 5.11 Å². The van der Waals surface area contributed by atoms with Crippen molar-refractivity contribution >= 4 is 17.6 Å². The third-order valence-corrected chi connectivity index (χ3v) is 2.29. The number of hydrogen-bond donors (Lipinski definition) is 3. The van der Waals surface area contributed by atoms with Crippen LogP contribution in [0.25, 0.3) is 0 Å². The van der Waals surface area contributed by atoms with Gasteiger partial charge in [0.25, 0.3) is 0 Å². The Labute approximate surface area is 106 Å². The van der Waals surface area contributed by atoms with Crippen molar-refractivity contribution in [3.8, 4) is 0 Å². The van der Waals surface area contributed by atoms with Gasteiger partial charge in [-0.15, -0.1) is 0 Å². The number of nitrogens with one attached hydrogen (secondary N) is 2. The van der Waals surface area contributed by atoms with Gasteiger partial charge in [0.05, 0.1) is 12.1 Å². The van der Waals surface area contributed by atoms with Gasteiger partial charge in [0.15, 0.2) is 0 Å². The summed E-state index contributed by atoms with van der Waals surface area (Å²) in [6, 6.07) is 6.27. The van der Waals surface area contributed by atoms with E-state index in [1.54, 1.807) is 12.1 Å². The molecule has 0 aromatic heterocycles. The highest BCUT2D eigenvalue weighted by molar-refractivity contribution is 5.88. The first-order valence-electron chi connectivity index (χ1n) is 5.83. The third-order valence-electron chi connectivity index (χ3n) is 2.29. The summed E-state index contributed by atoms with van der Waals surface area (Å²) >= 11 is 0. The lowest BCUT2D eigenvalue weighted by Gasteiger charge is -2.09. The number of aromatic carboxylic acids is 1. The molecule has 1 rings (SSSR count). The van der Waals surface area contributed by atoms with Gasteiger partial charge >= 0.3 is 5.97 Å². The molecule has 0 spiro atoms. The van der Waals surface area contributed by atoms with E-state index in [0.717, 1.165) is 5.69 Å². The molecule has 3 N–H and O–H groups in total. The van der Waals surface area contributed by atoms with Gasteiger partial charge in [-0.2, -0.15) is 0 Å². The minimum atomic E-state index is -0.962. The summed E-state index contributed by atoms with van der Waals surface area (Å²) in [5, 5.41) is 14.4. The van der Waals surface area contributed by atoms with Crippen molar-refractivity contribution in [2.75, 3.05) is 18.4 Å². The summed E-state index contributed by atoms with van der Waals surface area (Å²) in [7, 11) is 0. The van der Waals surface area contributed by atoms with Gasteiger partial charge < -0.3 is 15.7 Å². The highest BCUT2D eigenvalue weighted by Gasteiger charge is 2.04. The molecule has 0 aliphatic carbocycles. The second-order valence-corrected chi connectivity index (χ2v) is 4.43. The van der Waals surface area contributed by atoms with E-state index in [1.165, 1.54) is 12.1 Å². The second kappa shape index (κ2) is 6.64. The molecule has 0 aliphatic rings. The van der Waals surface area contributed by atoms with E-state index in [9.17, 15) is 9.59 Å². The smallest absolute Gasteiger partial charge is 0.335 e. The van der Waals surface area contributed by atoms with Crippen molar-refractivity contribution in [1.82, 2.24) is 5.32 Å². The van der Waals surface area contributed by atoms with Crippen LogP contribution in [0.3, 0.4) is 0 Å². The second-order valence-electron chi connectivity index (χ2n) is 4.43. The van der Waals surface area contributed by atoms with Crippen LogP contribution in [0.4, 0.5) is 5.69 Å². The Hall–Kier alpha value is -2.04. The minimum Gasteiger partial charge on any atom is -0.478 e. The van der Waals surface area contributed by atoms with E-state index in [-0.39, 0.29) is 18.0 Å². The lowest BCUT2D eigenvalue weighted by atomic mass is 10.2. The first-order valence-corrected chi connectivity index (χ1v) is 5.83. The fraction of sp³-hybridized carbons (Fsp3) is 0.385. The summed E-state index contributed by atoms with van der Waals surface area (Å²) in [5.74, 6) is -0.619. The number of rotatable bonds is 6. The molecule has 0 aliphatic heterocycles. The predicted octanol–water partition coefficient (Wildman–Crippen LogP) is 1.57. The van der Waals surface area contributed by atoms with E-state index in [0.29, 0.717) is 12.5 Å². The standard InChI is InChI=1S/C13H18N2O3/c1-9(2)7-15-12(16)8-14-11-5-3-10(4-6-11)13(17)18/h3-6,9,14H,7-8H2,1-2H3,(H,15,16)(H,17,18). The average Bonchev–Trinajstić information content (AvgIpc) is 2.34. The maximum absolute atomic E-state index is 11.4. The summed E-state index contributed by atoms with van der Waals surface area (Å²) in [6.07, 6.45) is 0. The van der Waals surface area contributed by atoms with E-state index < -0.39 is 5.97 Å². The van der Waals surface area contributed by atoms with Crippen LogP contribution in [0, 0.1) is 5.92 Å². The Balaban J connectivity index is 2.39. The van der Waals surface area contributed by atoms with Crippen molar-refractivity contribution in [3.63, 3.8) is 0 Å². The normalized spacial score (nSPS) is 10.2. The number of carboxylic acid groups (broad SMARTS) is 1. The Morgan fingerprint density at radius 2 is 1.83 bits per heavy atom. The van der Waals surface area contributed by atoms with E-state index in [1.807, 2.05) is 13.8 Å². The molecule has 98 valence electrons. The Morgan fingerprint density at radius 3 is 2.33 bits per heavy atom. The van der Waals surface area contributed by atoms with Gasteiger partial charge in [0.1, 0.15) is 0 Å². The fourth-order valence-corrected chi connectivity index (χ4v) is 1.29. The molecule has 5 nitrogen and oxygen atoms in total. The third kappa shape index (κ3) is 4.86. The van der Waals surface area contributed by atoms with Gasteiger partial charge in [0.2, 0.25) is 5.91 Å². The van der Waals surface area contributed by atoms with Crippen LogP contribution in [0.15, 0.2) is 24.3 Å². The van der Waals surface area contributed by atoms with Crippen LogP contribution in [-0.2, 0) is 4.79 Å². The molecule has 0 saturated carbocycles. The van der Waals surface area contributed by atoms with Crippen LogP contribution < -0.4 is 10.6 Å². The van der Waals surface area contributed by atoms with Crippen LogP contribution >= 0.6 is 0 Å². The molecular formula is C13H18N2O3. The molecule has 1 aromatic rings. The largest absolute Gasteiger partial charge is 0.478 e. The Bertz CT molecular complexity index is 413. The number of benzene rings is 1. The number of anilines is 1. The van der Waals surface area contributed by atoms with Gasteiger partial charge in [0, 0.05) is 12.2 Å². The highest BCUT2D eigenvalue weighted by atomic mass is 16.4. The maximum atomic E-state index is 11.4. The monoisotopic (exact) mass is 250 g/mol. The molecule has 0 atom stereocenters. The van der Waals surface area contributed by atoms with Crippen molar-refractivity contribution in [2.45, 2.75) is 13.8 Å². The molecule has 1 amide bonds. The molecule has 18 heavy (non-hydrogen) atoms. The first-order chi connectivity index (χ1) is 8.49. The van der Waals surface area contributed by atoms with Gasteiger partial charge in [-0.1, -0.05) is 13.8 Å². The first kappa shape index (κ1) is 14.0. The molecule has 0 radical (unpaired) electrons. The molecule has 0 bridgehead atoms. The topological polar surface area (TPSA) is 78.4 Å². The quantitative estimate of drug-likeness (QED) is 0.716. The van der Waals surface area contributed by atoms with E-state index >= 15 is 0 Å². The number of amides is 1. The highest BCUT2D eigenvalue weighted by Crippen LogP contribution is 2.08. The van der Waals surface area contributed by atoms with Crippen molar-refractivity contribution in [3.05, 3.63) is 29.8 Å². The minimum absolute atomic E-state index is 0.0778. The van der Waals surface area contributed by atoms with Crippen LogP contribution in [0.2, 0.25) is 0 Å². The number of hydrogen-bond acceptors (Lipinski definition) is 3. The molecule has 0 saturated heterocycles. The van der Waals surface area contributed by atoms with Gasteiger partial charge in [-0.25, -0.2) is 4.79 Å². The fourth-order valence-electron chi connectivity index (χ4n) is 1.29. The molecule has 1 aromatic carbocycles. The van der Waals surface area contributed by atoms with Crippen molar-refractivity contribution in [1.29, 1.82) is 0 Å². The van der Waals surface area contributed by atoms with Gasteiger partial charge in [-0.3, -0.25) is 4.79 Å². The van der Waals surface area contributed by atoms with Gasteiger partial charge in [-0.05, 0) is 30.2 Å². The van der Waals surface area contributed by atoms with Crippen LogP contribution in [0.1, 0.15) is 24.2 Å². The number of carboxylic acids is 1. The zero-order chi connectivity index (χ0) is 13.5. The van der Waals surface area contributed by atoms with Crippen LogP contribution in [-0.4, -0.2) is 30.1 Å². The molecule has 0 unspecified atom stereocenters. The molecular weight excluding hydrogens is 232 g/mol. The Morgan fingerprint density at radius 1 is 1.22 bits per heavy atom. The van der Waals surface area contributed by atoms with E-state index in [2.05, 4.69) is 10.6 Å². The summed E-state index contributed by atoms with van der Waals surface area (Å²) in [4.78, 5) is 22.1. The molecule has 5 heteroatoms. The lowest BCUT2D eigenvalue weighted by molar-refractivity contribution is -0.119. The summed E-state index contributed by atoms with van der Waals surface area (Å²) < 4.78 is 0. The summed E-state index contributed by atoms with van der Waals surface area (Å²) in [6.45, 7) is 4.88. The lowest BCUT2D eigenvalue weighted by Crippen LogP contribution is -2.32. The molecule has 0 heterocycles.